The van der Waals surface area contributed by atoms with Crippen LogP contribution in [0.4, 0.5) is 15.8 Å². The van der Waals surface area contributed by atoms with Crippen LogP contribution in [-0.4, -0.2) is 20.0 Å². The van der Waals surface area contributed by atoms with Crippen molar-refractivity contribution in [3.63, 3.8) is 0 Å². The number of nitrogens with zero attached hydrogens (tertiary/aromatic N) is 1. The van der Waals surface area contributed by atoms with Crippen molar-refractivity contribution in [3.05, 3.63) is 58.9 Å². The molecule has 5 heteroatoms. The Hall–Kier alpha value is -2.07. The minimum atomic E-state index is -0.292. The molecule has 1 atom stereocenters. The van der Waals surface area contributed by atoms with Crippen molar-refractivity contribution in [2.24, 2.45) is 5.92 Å². The third-order valence-corrected chi connectivity index (χ3v) is 3.81. The summed E-state index contributed by atoms with van der Waals surface area (Å²) in [6.07, 6.45) is 0.474. The lowest BCUT2D eigenvalue weighted by molar-refractivity contribution is -0.119. The van der Waals surface area contributed by atoms with Crippen molar-refractivity contribution in [2.75, 3.05) is 24.3 Å². The number of amides is 1. The van der Waals surface area contributed by atoms with Gasteiger partial charge in [-0.2, -0.15) is 0 Å². The fourth-order valence-electron chi connectivity index (χ4n) is 2.36. The fourth-order valence-corrected chi connectivity index (χ4v) is 2.54. The zero-order chi connectivity index (χ0) is 17.0. The van der Waals surface area contributed by atoms with E-state index in [2.05, 4.69) is 5.32 Å². The number of halogens is 2. The van der Waals surface area contributed by atoms with Crippen molar-refractivity contribution in [2.45, 2.75) is 13.3 Å². The monoisotopic (exact) mass is 334 g/mol. The average molecular weight is 335 g/mol. The number of hydrogen-bond acceptors (Lipinski definition) is 2. The molecule has 0 saturated heterocycles. The summed E-state index contributed by atoms with van der Waals surface area (Å²) in [5.74, 6) is -0.703. The molecule has 2 rings (SSSR count). The molecule has 0 spiro atoms. The molecule has 2 aromatic rings. The summed E-state index contributed by atoms with van der Waals surface area (Å²) < 4.78 is 13.2. The van der Waals surface area contributed by atoms with Crippen LogP contribution in [0.1, 0.15) is 12.5 Å². The Morgan fingerprint density at radius 3 is 2.65 bits per heavy atom. The summed E-state index contributed by atoms with van der Waals surface area (Å²) in [7, 11) is 3.80. The van der Waals surface area contributed by atoms with Crippen LogP contribution in [-0.2, 0) is 11.2 Å². The third-order valence-electron chi connectivity index (χ3n) is 3.58. The van der Waals surface area contributed by atoms with E-state index in [9.17, 15) is 9.18 Å². The number of rotatable bonds is 5. The second-order valence-electron chi connectivity index (χ2n) is 5.78. The number of carbonyl (C=O) groups is 1. The standard InChI is InChI=1S/C18H20ClFN2O/c1-12(9-13-5-4-6-15(20)10-13)18(23)21-16-11-14(19)7-8-17(16)22(2)3/h4-8,10-12H,9H2,1-3H3,(H,21,23). The Morgan fingerprint density at radius 1 is 1.26 bits per heavy atom. The van der Waals surface area contributed by atoms with Crippen LogP contribution >= 0.6 is 11.6 Å². The fraction of sp³-hybridized carbons (Fsp3) is 0.278. The Morgan fingerprint density at radius 2 is 2.00 bits per heavy atom. The molecule has 23 heavy (non-hydrogen) atoms. The van der Waals surface area contributed by atoms with Gasteiger partial charge in [0.05, 0.1) is 11.4 Å². The molecule has 0 aliphatic heterocycles. The van der Waals surface area contributed by atoms with Gasteiger partial charge in [-0.15, -0.1) is 0 Å². The first-order chi connectivity index (χ1) is 10.9. The van der Waals surface area contributed by atoms with Gasteiger partial charge in [-0.05, 0) is 42.3 Å². The Balaban J connectivity index is 2.11. The summed E-state index contributed by atoms with van der Waals surface area (Å²) in [5.41, 5.74) is 2.34. The highest BCUT2D eigenvalue weighted by molar-refractivity contribution is 6.31. The highest BCUT2D eigenvalue weighted by Crippen LogP contribution is 2.28. The molecule has 0 radical (unpaired) electrons. The van der Waals surface area contributed by atoms with Crippen LogP contribution in [0, 0.1) is 11.7 Å². The SMILES string of the molecule is CC(Cc1cccc(F)c1)C(=O)Nc1cc(Cl)ccc1N(C)C. The smallest absolute Gasteiger partial charge is 0.227 e. The van der Waals surface area contributed by atoms with Gasteiger partial charge in [0.25, 0.3) is 0 Å². The van der Waals surface area contributed by atoms with E-state index in [1.165, 1.54) is 12.1 Å². The molecule has 3 nitrogen and oxygen atoms in total. The number of anilines is 2. The molecule has 0 saturated carbocycles. The second kappa shape index (κ2) is 7.47. The first-order valence-corrected chi connectivity index (χ1v) is 7.77. The van der Waals surface area contributed by atoms with E-state index >= 15 is 0 Å². The van der Waals surface area contributed by atoms with E-state index in [1.807, 2.05) is 38.1 Å². The van der Waals surface area contributed by atoms with Gasteiger partial charge in [0.1, 0.15) is 5.82 Å². The van der Waals surface area contributed by atoms with Gasteiger partial charge in [0, 0.05) is 25.0 Å². The van der Waals surface area contributed by atoms with E-state index < -0.39 is 0 Å². The lowest BCUT2D eigenvalue weighted by Crippen LogP contribution is -2.23. The van der Waals surface area contributed by atoms with Crippen molar-refractivity contribution in [3.8, 4) is 0 Å². The minimum Gasteiger partial charge on any atom is -0.376 e. The number of hydrogen-bond donors (Lipinski definition) is 1. The summed E-state index contributed by atoms with van der Waals surface area (Å²) in [6, 6.07) is 11.7. The molecule has 1 amide bonds. The van der Waals surface area contributed by atoms with Crippen molar-refractivity contribution in [1.82, 2.24) is 0 Å². The summed E-state index contributed by atoms with van der Waals surface area (Å²) in [5, 5.41) is 3.47. The van der Waals surface area contributed by atoms with Gasteiger partial charge >= 0.3 is 0 Å². The molecule has 0 heterocycles. The highest BCUT2D eigenvalue weighted by Gasteiger charge is 2.16. The molecule has 1 unspecified atom stereocenters. The summed E-state index contributed by atoms with van der Waals surface area (Å²) in [4.78, 5) is 14.3. The van der Waals surface area contributed by atoms with Gasteiger partial charge < -0.3 is 10.2 Å². The number of benzene rings is 2. The minimum absolute atomic E-state index is 0.125. The summed E-state index contributed by atoms with van der Waals surface area (Å²) >= 11 is 6.02. The highest BCUT2D eigenvalue weighted by atomic mass is 35.5. The molecule has 0 aromatic heterocycles. The van der Waals surface area contributed by atoms with Gasteiger partial charge in [-0.1, -0.05) is 30.7 Å². The van der Waals surface area contributed by atoms with Crippen LogP contribution in [0.5, 0.6) is 0 Å². The van der Waals surface area contributed by atoms with Gasteiger partial charge in [-0.25, -0.2) is 4.39 Å². The number of nitrogens with one attached hydrogen (secondary N) is 1. The van der Waals surface area contributed by atoms with E-state index in [1.54, 1.807) is 18.2 Å². The predicted octanol–water partition coefficient (Wildman–Crippen LogP) is 4.36. The first-order valence-electron chi connectivity index (χ1n) is 7.39. The first kappa shape index (κ1) is 17.3. The topological polar surface area (TPSA) is 32.3 Å². The molecule has 1 N–H and O–H groups in total. The maximum atomic E-state index is 13.2. The lowest BCUT2D eigenvalue weighted by atomic mass is 10.00. The van der Waals surface area contributed by atoms with Crippen LogP contribution in [0.3, 0.4) is 0 Å². The largest absolute Gasteiger partial charge is 0.376 e. The normalized spacial score (nSPS) is 11.9. The second-order valence-corrected chi connectivity index (χ2v) is 6.22. The lowest BCUT2D eigenvalue weighted by Gasteiger charge is -2.20. The van der Waals surface area contributed by atoms with Gasteiger partial charge in [0.15, 0.2) is 0 Å². The van der Waals surface area contributed by atoms with Gasteiger partial charge in [-0.3, -0.25) is 4.79 Å². The van der Waals surface area contributed by atoms with Crippen LogP contribution < -0.4 is 10.2 Å². The van der Waals surface area contributed by atoms with Crippen molar-refractivity contribution >= 4 is 28.9 Å². The molecular formula is C18H20ClFN2O. The zero-order valence-corrected chi connectivity index (χ0v) is 14.2. The Bertz CT molecular complexity index is 703. The van der Waals surface area contributed by atoms with Crippen molar-refractivity contribution in [1.29, 1.82) is 0 Å². The Labute approximate surface area is 141 Å². The van der Waals surface area contributed by atoms with Crippen LogP contribution in [0.2, 0.25) is 5.02 Å². The van der Waals surface area contributed by atoms with E-state index in [0.29, 0.717) is 17.1 Å². The van der Waals surface area contributed by atoms with E-state index in [-0.39, 0.29) is 17.6 Å². The molecule has 122 valence electrons. The molecule has 0 bridgehead atoms. The maximum absolute atomic E-state index is 13.2. The van der Waals surface area contributed by atoms with Crippen LogP contribution in [0.25, 0.3) is 0 Å². The van der Waals surface area contributed by atoms with Crippen LogP contribution in [0.15, 0.2) is 42.5 Å². The van der Waals surface area contributed by atoms with Gasteiger partial charge in [0.2, 0.25) is 5.91 Å². The molecule has 0 fully saturated rings. The third kappa shape index (κ3) is 4.70. The molecule has 0 aliphatic rings. The van der Waals surface area contributed by atoms with Crippen molar-refractivity contribution < 1.29 is 9.18 Å². The molecular weight excluding hydrogens is 315 g/mol. The average Bonchev–Trinajstić information content (AvgIpc) is 2.46. The Kier molecular flexibility index (Phi) is 5.61. The molecule has 2 aromatic carbocycles. The zero-order valence-electron chi connectivity index (χ0n) is 13.4. The molecule has 0 aliphatic carbocycles. The maximum Gasteiger partial charge on any atom is 0.227 e. The van der Waals surface area contributed by atoms with E-state index in [4.69, 9.17) is 11.6 Å². The summed E-state index contributed by atoms with van der Waals surface area (Å²) in [6.45, 7) is 1.82. The predicted molar refractivity (Wildman–Crippen MR) is 93.7 cm³/mol. The number of carbonyl (C=O) groups excluding carboxylic acids is 1. The quantitative estimate of drug-likeness (QED) is 0.881. The van der Waals surface area contributed by atoms with E-state index in [0.717, 1.165) is 11.3 Å².